The molecule has 0 saturated heterocycles. The second-order valence-corrected chi connectivity index (χ2v) is 5.85. The highest BCUT2D eigenvalue weighted by Crippen LogP contribution is 2.37. The van der Waals surface area contributed by atoms with Crippen LogP contribution < -0.4 is 10.1 Å². The fourth-order valence-electron chi connectivity index (χ4n) is 2.87. The van der Waals surface area contributed by atoms with Crippen molar-refractivity contribution in [2.24, 2.45) is 0 Å². The number of hydrogen-bond acceptors (Lipinski definition) is 3. The van der Waals surface area contributed by atoms with Gasteiger partial charge in [-0.1, -0.05) is 0 Å². The van der Waals surface area contributed by atoms with Gasteiger partial charge >= 0.3 is 0 Å². The molecule has 138 valence electrons. The third-order valence-corrected chi connectivity index (χ3v) is 4.10. The molecule has 0 fully saturated rings. The molecule has 2 aromatic rings. The van der Waals surface area contributed by atoms with Gasteiger partial charge in [-0.15, -0.1) is 0 Å². The standard InChI is InChI=1S/C18H16F4N2O2/c1-2-23-17(25)14-8-12(10-4-3-9(19)7-13(10)20)11-5-6-15(16(21)22)26-18(11)24-14/h3-4,7-8,15-16H,2,5-6H2,1H3,(H,23,25). The van der Waals surface area contributed by atoms with Gasteiger partial charge in [0, 0.05) is 23.7 Å². The molecule has 0 spiro atoms. The molecule has 1 aromatic carbocycles. The smallest absolute Gasteiger partial charge is 0.274 e. The van der Waals surface area contributed by atoms with E-state index < -0.39 is 30.1 Å². The molecular weight excluding hydrogens is 352 g/mol. The minimum absolute atomic E-state index is 0.0304. The Balaban J connectivity index is 2.15. The molecule has 3 rings (SSSR count). The number of carbonyl (C=O) groups excluding carboxylic acids is 1. The van der Waals surface area contributed by atoms with Crippen LogP contribution in [-0.4, -0.2) is 30.0 Å². The summed E-state index contributed by atoms with van der Waals surface area (Å²) in [5.41, 5.74) is 0.663. The average Bonchev–Trinajstić information content (AvgIpc) is 2.60. The van der Waals surface area contributed by atoms with Gasteiger partial charge in [-0.25, -0.2) is 22.5 Å². The van der Waals surface area contributed by atoms with Crippen molar-refractivity contribution >= 4 is 5.91 Å². The molecule has 2 heterocycles. The number of amides is 1. The number of ether oxygens (including phenoxy) is 1. The quantitative estimate of drug-likeness (QED) is 0.837. The van der Waals surface area contributed by atoms with Crippen LogP contribution in [-0.2, 0) is 6.42 Å². The molecule has 1 aliphatic heterocycles. The van der Waals surface area contributed by atoms with Crippen molar-refractivity contribution in [3.63, 3.8) is 0 Å². The van der Waals surface area contributed by atoms with Crippen LogP contribution in [0.5, 0.6) is 5.88 Å². The van der Waals surface area contributed by atoms with Crippen LogP contribution in [0.25, 0.3) is 11.1 Å². The van der Waals surface area contributed by atoms with Crippen LogP contribution in [0.4, 0.5) is 17.6 Å². The Morgan fingerprint density at radius 1 is 1.31 bits per heavy atom. The maximum absolute atomic E-state index is 14.3. The number of fused-ring (bicyclic) bond motifs is 1. The van der Waals surface area contributed by atoms with Crippen molar-refractivity contribution < 1.29 is 27.1 Å². The monoisotopic (exact) mass is 368 g/mol. The Bertz CT molecular complexity index is 842. The number of alkyl halides is 2. The van der Waals surface area contributed by atoms with Crippen molar-refractivity contribution in [2.45, 2.75) is 32.3 Å². The highest BCUT2D eigenvalue weighted by molar-refractivity contribution is 5.94. The first-order chi connectivity index (χ1) is 12.4. The van der Waals surface area contributed by atoms with Crippen LogP contribution >= 0.6 is 0 Å². The van der Waals surface area contributed by atoms with Crippen molar-refractivity contribution in [1.29, 1.82) is 0 Å². The summed E-state index contributed by atoms with van der Waals surface area (Å²) in [6, 6.07) is 4.41. The number of carbonyl (C=O) groups is 1. The van der Waals surface area contributed by atoms with Gasteiger partial charge in [-0.2, -0.15) is 0 Å². The van der Waals surface area contributed by atoms with Gasteiger partial charge in [0.15, 0.2) is 6.10 Å². The molecule has 1 unspecified atom stereocenters. The van der Waals surface area contributed by atoms with Gasteiger partial charge in [0.1, 0.15) is 17.3 Å². The van der Waals surface area contributed by atoms with E-state index >= 15 is 0 Å². The number of nitrogens with one attached hydrogen (secondary N) is 1. The molecule has 1 N–H and O–H groups in total. The van der Waals surface area contributed by atoms with Crippen LogP contribution in [0.3, 0.4) is 0 Å². The zero-order chi connectivity index (χ0) is 18.8. The summed E-state index contributed by atoms with van der Waals surface area (Å²) < 4.78 is 58.7. The summed E-state index contributed by atoms with van der Waals surface area (Å²) in [7, 11) is 0. The van der Waals surface area contributed by atoms with Crippen LogP contribution in [0.2, 0.25) is 0 Å². The van der Waals surface area contributed by atoms with Crippen molar-refractivity contribution in [3.8, 4) is 17.0 Å². The first kappa shape index (κ1) is 18.2. The summed E-state index contributed by atoms with van der Waals surface area (Å²) >= 11 is 0. The first-order valence-corrected chi connectivity index (χ1v) is 8.13. The van der Waals surface area contributed by atoms with E-state index in [1.165, 1.54) is 12.1 Å². The normalized spacial score (nSPS) is 16.2. The number of halogens is 4. The zero-order valence-corrected chi connectivity index (χ0v) is 13.9. The highest BCUT2D eigenvalue weighted by atomic mass is 19.3. The van der Waals surface area contributed by atoms with E-state index in [0.717, 1.165) is 12.1 Å². The van der Waals surface area contributed by atoms with Crippen molar-refractivity contribution in [1.82, 2.24) is 10.3 Å². The van der Waals surface area contributed by atoms with Gasteiger partial charge in [-0.3, -0.25) is 4.79 Å². The van der Waals surface area contributed by atoms with Crippen LogP contribution in [0.1, 0.15) is 29.4 Å². The summed E-state index contributed by atoms with van der Waals surface area (Å²) in [5.74, 6) is -2.23. The topological polar surface area (TPSA) is 51.2 Å². The van der Waals surface area contributed by atoms with Gasteiger partial charge in [0.2, 0.25) is 5.88 Å². The Morgan fingerprint density at radius 3 is 2.73 bits per heavy atom. The Hall–Kier alpha value is -2.64. The fraction of sp³-hybridized carbons (Fsp3) is 0.333. The molecule has 26 heavy (non-hydrogen) atoms. The summed E-state index contributed by atoms with van der Waals surface area (Å²) in [6.45, 7) is 2.04. The minimum Gasteiger partial charge on any atom is -0.468 e. The van der Waals surface area contributed by atoms with E-state index in [-0.39, 0.29) is 35.5 Å². The number of nitrogens with zero attached hydrogens (tertiary/aromatic N) is 1. The zero-order valence-electron chi connectivity index (χ0n) is 13.9. The molecule has 1 atom stereocenters. The predicted octanol–water partition coefficient (Wildman–Crippen LogP) is 3.74. The van der Waals surface area contributed by atoms with E-state index in [4.69, 9.17) is 4.74 Å². The van der Waals surface area contributed by atoms with E-state index in [1.807, 2.05) is 0 Å². The molecular formula is C18H16F4N2O2. The summed E-state index contributed by atoms with van der Waals surface area (Å²) in [4.78, 5) is 16.2. The SMILES string of the molecule is CCNC(=O)c1cc(-c2ccc(F)cc2F)c2c(n1)OC(C(F)F)CC2. The molecule has 1 aliphatic rings. The van der Waals surface area contributed by atoms with Gasteiger partial charge in [0.05, 0.1) is 0 Å². The Labute approximate surface area is 147 Å². The van der Waals surface area contributed by atoms with Gasteiger partial charge in [-0.05, 0) is 43.5 Å². The average molecular weight is 368 g/mol. The molecule has 4 nitrogen and oxygen atoms in total. The molecule has 8 heteroatoms. The molecule has 1 amide bonds. The number of rotatable bonds is 4. The molecule has 0 radical (unpaired) electrons. The second kappa shape index (κ2) is 7.31. The van der Waals surface area contributed by atoms with E-state index in [0.29, 0.717) is 12.1 Å². The molecule has 0 aliphatic carbocycles. The lowest BCUT2D eigenvalue weighted by Gasteiger charge is -2.26. The lowest BCUT2D eigenvalue weighted by molar-refractivity contribution is -0.00216. The highest BCUT2D eigenvalue weighted by Gasteiger charge is 2.31. The number of benzene rings is 1. The Kier molecular flexibility index (Phi) is 5.11. The third kappa shape index (κ3) is 3.49. The molecule has 0 bridgehead atoms. The number of pyridine rings is 1. The fourth-order valence-corrected chi connectivity index (χ4v) is 2.87. The second-order valence-electron chi connectivity index (χ2n) is 5.85. The molecule has 1 aromatic heterocycles. The first-order valence-electron chi connectivity index (χ1n) is 8.13. The maximum Gasteiger partial charge on any atom is 0.274 e. The van der Waals surface area contributed by atoms with E-state index in [9.17, 15) is 22.4 Å². The van der Waals surface area contributed by atoms with Crippen LogP contribution in [0.15, 0.2) is 24.3 Å². The lowest BCUT2D eigenvalue weighted by atomic mass is 9.94. The van der Waals surface area contributed by atoms with Crippen LogP contribution in [0, 0.1) is 11.6 Å². The minimum atomic E-state index is -2.70. The van der Waals surface area contributed by atoms with E-state index in [2.05, 4.69) is 10.3 Å². The largest absolute Gasteiger partial charge is 0.468 e. The van der Waals surface area contributed by atoms with Gasteiger partial charge in [0.25, 0.3) is 12.3 Å². The maximum atomic E-state index is 14.3. The van der Waals surface area contributed by atoms with E-state index in [1.54, 1.807) is 6.92 Å². The summed E-state index contributed by atoms with van der Waals surface area (Å²) in [5, 5.41) is 2.55. The number of aromatic nitrogens is 1. The van der Waals surface area contributed by atoms with Gasteiger partial charge < -0.3 is 10.1 Å². The lowest BCUT2D eigenvalue weighted by Crippen LogP contribution is -2.31. The third-order valence-electron chi connectivity index (χ3n) is 4.10. The predicted molar refractivity (Wildman–Crippen MR) is 86.3 cm³/mol. The summed E-state index contributed by atoms with van der Waals surface area (Å²) in [6.07, 6.45) is -3.84. The van der Waals surface area contributed by atoms with Crippen molar-refractivity contribution in [3.05, 3.63) is 47.2 Å². The van der Waals surface area contributed by atoms with Crippen molar-refractivity contribution in [2.75, 3.05) is 6.54 Å². The number of hydrogen-bond donors (Lipinski definition) is 1. The Morgan fingerprint density at radius 2 is 2.08 bits per heavy atom. The molecule has 0 saturated carbocycles.